The lowest BCUT2D eigenvalue weighted by Gasteiger charge is -2.15. The van der Waals surface area contributed by atoms with Gasteiger partial charge in [-0.1, -0.05) is 13.8 Å². The minimum absolute atomic E-state index is 0.142. The fourth-order valence-electron chi connectivity index (χ4n) is 1.43. The SMILES string of the molecule is CCCOc1ccc(S(=O)(=O)CC)cc1C(F)(F)F. The normalized spacial score (nSPS) is 12.5. The first-order chi connectivity index (χ1) is 8.72. The van der Waals surface area contributed by atoms with Gasteiger partial charge >= 0.3 is 6.18 Å². The van der Waals surface area contributed by atoms with Crippen LogP contribution in [0.4, 0.5) is 13.2 Å². The van der Waals surface area contributed by atoms with E-state index < -0.39 is 21.6 Å². The topological polar surface area (TPSA) is 43.4 Å². The highest BCUT2D eigenvalue weighted by molar-refractivity contribution is 7.91. The predicted octanol–water partition coefficient (Wildman–Crippen LogP) is 3.29. The van der Waals surface area contributed by atoms with Crippen molar-refractivity contribution in [3.8, 4) is 5.75 Å². The van der Waals surface area contributed by atoms with Crippen molar-refractivity contribution in [2.45, 2.75) is 31.3 Å². The van der Waals surface area contributed by atoms with Crippen molar-refractivity contribution in [2.24, 2.45) is 0 Å². The summed E-state index contributed by atoms with van der Waals surface area (Å²) in [4.78, 5) is -0.342. The monoisotopic (exact) mass is 296 g/mol. The van der Waals surface area contributed by atoms with Crippen LogP contribution >= 0.6 is 0 Å². The number of benzene rings is 1. The fraction of sp³-hybridized carbons (Fsp3) is 0.500. The number of hydrogen-bond acceptors (Lipinski definition) is 3. The van der Waals surface area contributed by atoms with E-state index in [-0.39, 0.29) is 23.0 Å². The molecular formula is C12H15F3O3S. The zero-order valence-corrected chi connectivity index (χ0v) is 11.4. The second kappa shape index (κ2) is 5.81. The van der Waals surface area contributed by atoms with E-state index in [4.69, 9.17) is 4.74 Å². The Morgan fingerprint density at radius 1 is 1.21 bits per heavy atom. The lowest BCUT2D eigenvalue weighted by molar-refractivity contribution is -0.139. The average molecular weight is 296 g/mol. The number of alkyl halides is 3. The van der Waals surface area contributed by atoms with E-state index in [1.807, 2.05) is 0 Å². The van der Waals surface area contributed by atoms with Crippen LogP contribution in [0.2, 0.25) is 0 Å². The first-order valence-electron chi connectivity index (χ1n) is 5.79. The van der Waals surface area contributed by atoms with Crippen LogP contribution in [-0.2, 0) is 16.0 Å². The molecule has 108 valence electrons. The molecule has 0 saturated heterocycles. The third kappa shape index (κ3) is 3.86. The first kappa shape index (κ1) is 15.8. The molecule has 1 aromatic rings. The summed E-state index contributed by atoms with van der Waals surface area (Å²) >= 11 is 0. The Hall–Kier alpha value is -1.24. The van der Waals surface area contributed by atoms with E-state index in [2.05, 4.69) is 0 Å². The summed E-state index contributed by atoms with van der Waals surface area (Å²) in [6, 6.07) is 2.82. The summed E-state index contributed by atoms with van der Waals surface area (Å²) in [5.74, 6) is -0.594. The average Bonchev–Trinajstić information content (AvgIpc) is 2.35. The van der Waals surface area contributed by atoms with Crippen LogP contribution in [-0.4, -0.2) is 20.8 Å². The lowest BCUT2D eigenvalue weighted by atomic mass is 10.2. The molecule has 0 heterocycles. The van der Waals surface area contributed by atoms with E-state index in [0.29, 0.717) is 12.5 Å². The number of sulfone groups is 1. The van der Waals surface area contributed by atoms with Gasteiger partial charge in [-0.15, -0.1) is 0 Å². The minimum Gasteiger partial charge on any atom is -0.493 e. The second-order valence-corrected chi connectivity index (χ2v) is 6.19. The summed E-state index contributed by atoms with van der Waals surface area (Å²) in [6.07, 6.45) is -4.09. The van der Waals surface area contributed by atoms with E-state index in [0.717, 1.165) is 12.1 Å². The van der Waals surface area contributed by atoms with Gasteiger partial charge in [-0.25, -0.2) is 8.42 Å². The van der Waals surface area contributed by atoms with Gasteiger partial charge in [0.15, 0.2) is 9.84 Å². The molecule has 0 atom stereocenters. The van der Waals surface area contributed by atoms with Crippen molar-refractivity contribution in [1.29, 1.82) is 0 Å². The molecule has 19 heavy (non-hydrogen) atoms. The van der Waals surface area contributed by atoms with Crippen molar-refractivity contribution in [3.05, 3.63) is 23.8 Å². The van der Waals surface area contributed by atoms with E-state index in [1.54, 1.807) is 6.92 Å². The molecule has 0 aliphatic rings. The molecule has 0 bridgehead atoms. The van der Waals surface area contributed by atoms with Gasteiger partial charge in [-0.05, 0) is 24.6 Å². The summed E-state index contributed by atoms with van der Waals surface area (Å²) in [5.41, 5.74) is -1.06. The molecule has 7 heteroatoms. The second-order valence-electron chi connectivity index (χ2n) is 3.91. The van der Waals surface area contributed by atoms with Crippen LogP contribution in [0.15, 0.2) is 23.1 Å². The Balaban J connectivity index is 3.31. The number of rotatable bonds is 5. The van der Waals surface area contributed by atoms with Crippen molar-refractivity contribution in [2.75, 3.05) is 12.4 Å². The molecule has 0 fully saturated rings. The van der Waals surface area contributed by atoms with Crippen molar-refractivity contribution >= 4 is 9.84 Å². The summed E-state index contributed by atoms with van der Waals surface area (Å²) in [5, 5.41) is 0. The predicted molar refractivity (Wildman–Crippen MR) is 65.0 cm³/mol. The Morgan fingerprint density at radius 3 is 2.32 bits per heavy atom. The third-order valence-electron chi connectivity index (χ3n) is 2.46. The van der Waals surface area contributed by atoms with Gasteiger partial charge in [-0.3, -0.25) is 0 Å². The van der Waals surface area contributed by atoms with Crippen molar-refractivity contribution in [3.63, 3.8) is 0 Å². The van der Waals surface area contributed by atoms with Crippen LogP contribution in [0.3, 0.4) is 0 Å². The molecule has 1 rings (SSSR count). The molecular weight excluding hydrogens is 281 g/mol. The molecule has 0 spiro atoms. The van der Waals surface area contributed by atoms with Crippen LogP contribution in [0.1, 0.15) is 25.8 Å². The lowest BCUT2D eigenvalue weighted by Crippen LogP contribution is -2.12. The number of hydrogen-bond donors (Lipinski definition) is 0. The van der Waals surface area contributed by atoms with Crippen LogP contribution in [0.25, 0.3) is 0 Å². The summed E-state index contributed by atoms with van der Waals surface area (Å²) < 4.78 is 66.8. The Morgan fingerprint density at radius 2 is 1.84 bits per heavy atom. The molecule has 0 radical (unpaired) electrons. The third-order valence-corrected chi connectivity index (χ3v) is 4.19. The standard InChI is InChI=1S/C12H15F3O3S/c1-3-7-18-11-6-5-9(19(16,17)4-2)8-10(11)12(13,14)15/h5-6,8H,3-4,7H2,1-2H3. The zero-order chi connectivity index (χ0) is 14.7. The maximum absolute atomic E-state index is 12.9. The molecule has 0 aromatic heterocycles. The molecule has 3 nitrogen and oxygen atoms in total. The number of ether oxygens (including phenoxy) is 1. The van der Waals surface area contributed by atoms with E-state index in [1.165, 1.54) is 6.92 Å². The maximum Gasteiger partial charge on any atom is 0.420 e. The maximum atomic E-state index is 12.9. The van der Waals surface area contributed by atoms with Gasteiger partial charge in [0.2, 0.25) is 0 Å². The van der Waals surface area contributed by atoms with Gasteiger partial charge in [0.05, 0.1) is 22.8 Å². The number of halogens is 3. The van der Waals surface area contributed by atoms with Crippen molar-refractivity contribution in [1.82, 2.24) is 0 Å². The van der Waals surface area contributed by atoms with Gasteiger partial charge in [0.25, 0.3) is 0 Å². The molecule has 0 saturated carbocycles. The molecule has 0 aliphatic carbocycles. The first-order valence-corrected chi connectivity index (χ1v) is 7.44. The van der Waals surface area contributed by atoms with Gasteiger partial charge in [0.1, 0.15) is 5.75 Å². The summed E-state index contributed by atoms with van der Waals surface area (Å²) in [6.45, 7) is 3.29. The van der Waals surface area contributed by atoms with Crippen LogP contribution in [0, 0.1) is 0 Å². The molecule has 1 aromatic carbocycles. The highest BCUT2D eigenvalue weighted by Gasteiger charge is 2.35. The van der Waals surface area contributed by atoms with Gasteiger partial charge < -0.3 is 4.74 Å². The molecule has 0 amide bonds. The largest absolute Gasteiger partial charge is 0.493 e. The quantitative estimate of drug-likeness (QED) is 0.837. The van der Waals surface area contributed by atoms with Gasteiger partial charge in [0, 0.05) is 0 Å². The Kier molecular flexibility index (Phi) is 4.84. The summed E-state index contributed by atoms with van der Waals surface area (Å²) in [7, 11) is -3.67. The molecule has 0 aliphatic heterocycles. The zero-order valence-electron chi connectivity index (χ0n) is 10.6. The highest BCUT2D eigenvalue weighted by atomic mass is 32.2. The van der Waals surface area contributed by atoms with Crippen molar-refractivity contribution < 1.29 is 26.3 Å². The van der Waals surface area contributed by atoms with Gasteiger partial charge in [-0.2, -0.15) is 13.2 Å². The Labute approximate surface area is 110 Å². The smallest absolute Gasteiger partial charge is 0.420 e. The van der Waals surface area contributed by atoms with E-state index >= 15 is 0 Å². The Bertz CT molecular complexity index is 536. The van der Waals surface area contributed by atoms with Crippen LogP contribution < -0.4 is 4.74 Å². The van der Waals surface area contributed by atoms with Crippen LogP contribution in [0.5, 0.6) is 5.75 Å². The van der Waals surface area contributed by atoms with E-state index in [9.17, 15) is 21.6 Å². The minimum atomic E-state index is -4.65. The highest BCUT2D eigenvalue weighted by Crippen LogP contribution is 2.37. The molecule has 0 unspecified atom stereocenters. The fourth-order valence-corrected chi connectivity index (χ4v) is 2.33. The molecule has 0 N–H and O–H groups in total.